The van der Waals surface area contributed by atoms with E-state index < -0.39 is 5.97 Å². The molecule has 0 unspecified atom stereocenters. The molecule has 3 aromatic rings. The SMILES string of the molecule is CC(=O)NCCc1ccc(C(=O)COC(=O)c2ccccc2Sc2ccccc2C#N)s1. The molecule has 0 aliphatic carbocycles. The second kappa shape index (κ2) is 11.3. The van der Waals surface area contributed by atoms with Crippen LogP contribution in [0.25, 0.3) is 0 Å². The van der Waals surface area contributed by atoms with E-state index in [0.717, 1.165) is 9.77 Å². The van der Waals surface area contributed by atoms with Gasteiger partial charge in [0.25, 0.3) is 0 Å². The van der Waals surface area contributed by atoms with Crippen LogP contribution in [0.1, 0.15) is 37.4 Å². The Hall–Kier alpha value is -3.41. The minimum Gasteiger partial charge on any atom is -0.454 e. The smallest absolute Gasteiger partial charge is 0.339 e. The number of carbonyl (C=O) groups is 3. The van der Waals surface area contributed by atoms with E-state index in [1.165, 1.54) is 30.0 Å². The third kappa shape index (κ3) is 6.30. The molecule has 32 heavy (non-hydrogen) atoms. The number of ketones is 1. The lowest BCUT2D eigenvalue weighted by atomic mass is 10.2. The molecular formula is C24H20N2O4S2. The van der Waals surface area contributed by atoms with E-state index in [2.05, 4.69) is 11.4 Å². The zero-order valence-electron chi connectivity index (χ0n) is 17.3. The predicted octanol–water partition coefficient (Wildman–Crippen LogP) is 4.49. The van der Waals surface area contributed by atoms with Gasteiger partial charge in [-0.2, -0.15) is 5.26 Å². The number of amides is 1. The van der Waals surface area contributed by atoms with Crippen molar-refractivity contribution in [2.24, 2.45) is 0 Å². The van der Waals surface area contributed by atoms with Crippen LogP contribution in [0.5, 0.6) is 0 Å². The van der Waals surface area contributed by atoms with Crippen LogP contribution in [0.2, 0.25) is 0 Å². The third-order valence-corrected chi connectivity index (χ3v) is 6.69. The summed E-state index contributed by atoms with van der Waals surface area (Å²) in [6, 6.07) is 19.7. The number of hydrogen-bond acceptors (Lipinski definition) is 7. The van der Waals surface area contributed by atoms with Crippen molar-refractivity contribution < 1.29 is 19.1 Å². The highest BCUT2D eigenvalue weighted by Crippen LogP contribution is 2.33. The molecule has 1 N–H and O–H groups in total. The van der Waals surface area contributed by atoms with E-state index in [-0.39, 0.29) is 18.3 Å². The van der Waals surface area contributed by atoms with Gasteiger partial charge < -0.3 is 10.1 Å². The summed E-state index contributed by atoms with van der Waals surface area (Å²) in [6.07, 6.45) is 0.631. The minimum absolute atomic E-state index is 0.0978. The number of hydrogen-bond donors (Lipinski definition) is 1. The topological polar surface area (TPSA) is 96.3 Å². The quantitative estimate of drug-likeness (QED) is 0.370. The summed E-state index contributed by atoms with van der Waals surface area (Å²) in [6.45, 7) is 1.59. The molecule has 0 bridgehead atoms. The molecule has 1 amide bonds. The average Bonchev–Trinajstić information content (AvgIpc) is 3.27. The average molecular weight is 465 g/mol. The number of nitriles is 1. The normalized spacial score (nSPS) is 10.2. The Kier molecular flexibility index (Phi) is 8.20. The Bertz CT molecular complexity index is 1180. The van der Waals surface area contributed by atoms with E-state index in [9.17, 15) is 19.6 Å². The lowest BCUT2D eigenvalue weighted by Crippen LogP contribution is -2.22. The Balaban J connectivity index is 1.62. The molecule has 0 atom stereocenters. The lowest BCUT2D eigenvalue weighted by Gasteiger charge is -2.09. The van der Waals surface area contributed by atoms with Crippen molar-refractivity contribution in [3.05, 3.63) is 81.5 Å². The van der Waals surface area contributed by atoms with Crippen LogP contribution in [-0.2, 0) is 16.0 Å². The summed E-state index contributed by atoms with van der Waals surface area (Å²) in [5.41, 5.74) is 0.850. The Morgan fingerprint density at radius 2 is 1.75 bits per heavy atom. The van der Waals surface area contributed by atoms with Crippen LogP contribution in [-0.4, -0.2) is 30.8 Å². The fourth-order valence-electron chi connectivity index (χ4n) is 2.79. The highest BCUT2D eigenvalue weighted by atomic mass is 32.2. The molecule has 0 saturated heterocycles. The van der Waals surface area contributed by atoms with Gasteiger partial charge in [0, 0.05) is 28.1 Å². The summed E-state index contributed by atoms with van der Waals surface area (Å²) in [4.78, 5) is 38.9. The first-order valence-corrected chi connectivity index (χ1v) is 11.4. The Morgan fingerprint density at radius 1 is 1.03 bits per heavy atom. The largest absolute Gasteiger partial charge is 0.454 e. The summed E-state index contributed by atoms with van der Waals surface area (Å²) in [7, 11) is 0. The lowest BCUT2D eigenvalue weighted by molar-refractivity contribution is -0.118. The molecule has 2 aromatic carbocycles. The molecule has 162 valence electrons. The van der Waals surface area contributed by atoms with Gasteiger partial charge in [0.2, 0.25) is 11.7 Å². The number of rotatable bonds is 9. The molecule has 0 spiro atoms. The van der Waals surface area contributed by atoms with Gasteiger partial charge in [-0.05, 0) is 42.8 Å². The third-order valence-electron chi connectivity index (χ3n) is 4.35. The molecule has 8 heteroatoms. The van der Waals surface area contributed by atoms with Crippen molar-refractivity contribution in [1.29, 1.82) is 5.26 Å². The number of carbonyl (C=O) groups excluding carboxylic acids is 3. The second-order valence-corrected chi connectivity index (χ2v) is 8.96. The molecule has 0 saturated carbocycles. The summed E-state index contributed by atoms with van der Waals surface area (Å²) >= 11 is 2.62. The van der Waals surface area contributed by atoms with Crippen LogP contribution in [0.3, 0.4) is 0 Å². The first-order valence-electron chi connectivity index (χ1n) is 9.77. The van der Waals surface area contributed by atoms with Gasteiger partial charge in [-0.1, -0.05) is 36.0 Å². The highest BCUT2D eigenvalue weighted by molar-refractivity contribution is 7.99. The van der Waals surface area contributed by atoms with E-state index >= 15 is 0 Å². The number of esters is 1. The maximum atomic E-state index is 12.7. The number of nitrogens with zero attached hydrogens (tertiary/aromatic N) is 1. The van der Waals surface area contributed by atoms with Crippen molar-refractivity contribution in [2.75, 3.05) is 13.2 Å². The van der Waals surface area contributed by atoms with Crippen LogP contribution in [0.4, 0.5) is 0 Å². The van der Waals surface area contributed by atoms with E-state index in [1.807, 2.05) is 18.2 Å². The number of nitrogens with one attached hydrogen (secondary N) is 1. The van der Waals surface area contributed by atoms with Crippen LogP contribution in [0.15, 0.2) is 70.5 Å². The van der Waals surface area contributed by atoms with Crippen LogP contribution in [0, 0.1) is 11.3 Å². The number of thiophene rings is 1. The second-order valence-electron chi connectivity index (χ2n) is 6.70. The van der Waals surface area contributed by atoms with Crippen molar-refractivity contribution in [1.82, 2.24) is 5.32 Å². The predicted molar refractivity (Wildman–Crippen MR) is 123 cm³/mol. The summed E-state index contributed by atoms with van der Waals surface area (Å²) < 4.78 is 5.28. The van der Waals surface area contributed by atoms with Crippen LogP contribution >= 0.6 is 23.1 Å². The van der Waals surface area contributed by atoms with Gasteiger partial charge in [0.05, 0.1) is 16.0 Å². The highest BCUT2D eigenvalue weighted by Gasteiger charge is 2.17. The van der Waals surface area contributed by atoms with E-state index in [4.69, 9.17) is 4.74 Å². The zero-order valence-corrected chi connectivity index (χ0v) is 18.9. The maximum Gasteiger partial charge on any atom is 0.339 e. The molecule has 1 heterocycles. The maximum absolute atomic E-state index is 12.7. The van der Waals surface area contributed by atoms with Gasteiger partial charge in [-0.25, -0.2) is 4.79 Å². The molecule has 0 aliphatic heterocycles. The molecule has 0 fully saturated rings. The zero-order chi connectivity index (χ0) is 22.9. The van der Waals surface area contributed by atoms with Gasteiger partial charge in [-0.3, -0.25) is 9.59 Å². The molecule has 6 nitrogen and oxygen atoms in total. The fraction of sp³-hybridized carbons (Fsp3) is 0.167. The van der Waals surface area contributed by atoms with Gasteiger partial charge in [0.1, 0.15) is 6.07 Å². The van der Waals surface area contributed by atoms with Gasteiger partial charge in [0.15, 0.2) is 6.61 Å². The van der Waals surface area contributed by atoms with Crippen LogP contribution < -0.4 is 5.32 Å². The van der Waals surface area contributed by atoms with E-state index in [0.29, 0.717) is 33.9 Å². The fourth-order valence-corrected chi connectivity index (χ4v) is 4.74. The van der Waals surface area contributed by atoms with E-state index in [1.54, 1.807) is 42.5 Å². The van der Waals surface area contributed by atoms with Crippen molar-refractivity contribution in [2.45, 2.75) is 23.1 Å². The number of ether oxygens (including phenoxy) is 1. The summed E-state index contributed by atoms with van der Waals surface area (Å²) in [5.74, 6) is -0.980. The Labute approximate surface area is 194 Å². The number of benzene rings is 2. The Morgan fingerprint density at radius 3 is 2.50 bits per heavy atom. The number of Topliss-reactive ketones (excluding diaryl/α,β-unsaturated/α-hetero) is 1. The van der Waals surface area contributed by atoms with Crippen molar-refractivity contribution in [3.63, 3.8) is 0 Å². The molecule has 0 aliphatic rings. The molecule has 3 rings (SSSR count). The molecule has 1 aromatic heterocycles. The van der Waals surface area contributed by atoms with Gasteiger partial charge >= 0.3 is 5.97 Å². The molecular weight excluding hydrogens is 444 g/mol. The summed E-state index contributed by atoms with van der Waals surface area (Å²) in [5, 5.41) is 12.0. The molecule has 0 radical (unpaired) electrons. The monoisotopic (exact) mass is 464 g/mol. The van der Waals surface area contributed by atoms with Crippen molar-refractivity contribution in [3.8, 4) is 6.07 Å². The first-order chi connectivity index (χ1) is 15.5. The van der Waals surface area contributed by atoms with Crippen molar-refractivity contribution >= 4 is 40.8 Å². The van der Waals surface area contributed by atoms with Gasteiger partial charge in [-0.15, -0.1) is 11.3 Å². The first kappa shape index (κ1) is 23.3. The standard InChI is InChI=1S/C24H20N2O4S2/c1-16(27)26-13-12-18-10-11-23(31-18)20(28)15-30-24(29)19-7-3-5-9-22(19)32-21-8-4-2-6-17(21)14-25/h2-11H,12-13,15H2,1H3,(H,26,27). The minimum atomic E-state index is -0.599.